The summed E-state index contributed by atoms with van der Waals surface area (Å²) >= 11 is 6.39. The van der Waals surface area contributed by atoms with Crippen molar-refractivity contribution >= 4 is 28.6 Å². The molecule has 6 heteroatoms. The van der Waals surface area contributed by atoms with Crippen molar-refractivity contribution < 1.29 is 5.11 Å². The fourth-order valence-corrected chi connectivity index (χ4v) is 4.40. The number of hydrogen-bond acceptors (Lipinski definition) is 4. The number of hydrogen-bond donors (Lipinski definition) is 2. The van der Waals surface area contributed by atoms with Crippen LogP contribution >= 0.6 is 11.6 Å². The Balaban J connectivity index is 1.60. The second kappa shape index (κ2) is 9.38. The van der Waals surface area contributed by atoms with Gasteiger partial charge in [0.15, 0.2) is 0 Å². The Morgan fingerprint density at radius 2 is 1.93 bits per heavy atom. The monoisotopic (exact) mass is 426 g/mol. The Hall–Kier alpha value is -2.08. The van der Waals surface area contributed by atoms with Crippen molar-refractivity contribution in [2.24, 2.45) is 5.92 Å². The molecule has 30 heavy (non-hydrogen) atoms. The summed E-state index contributed by atoms with van der Waals surface area (Å²) < 4.78 is 2.23. The number of aromatic nitrogens is 2. The Morgan fingerprint density at radius 1 is 1.20 bits per heavy atom. The van der Waals surface area contributed by atoms with E-state index in [2.05, 4.69) is 52.0 Å². The number of nitrogens with one attached hydrogen (secondary N) is 1. The van der Waals surface area contributed by atoms with Crippen LogP contribution in [0.5, 0.6) is 0 Å². The molecular weight excluding hydrogens is 396 g/mol. The molecule has 2 aromatic carbocycles. The first kappa shape index (κ1) is 21.2. The molecule has 4 rings (SSSR count). The lowest BCUT2D eigenvalue weighted by molar-refractivity contribution is 0.0618. The highest BCUT2D eigenvalue weighted by Gasteiger charge is 2.28. The van der Waals surface area contributed by atoms with E-state index in [0.29, 0.717) is 0 Å². The normalized spacial score (nSPS) is 16.3. The van der Waals surface area contributed by atoms with Crippen LogP contribution < -0.4 is 10.2 Å². The predicted molar refractivity (Wildman–Crippen MR) is 125 cm³/mol. The third-order valence-electron chi connectivity index (χ3n) is 6.08. The Bertz CT molecular complexity index is 980. The third-order valence-corrected chi connectivity index (χ3v) is 6.49. The van der Waals surface area contributed by atoms with Gasteiger partial charge in [-0.3, -0.25) is 9.88 Å². The maximum Gasteiger partial charge on any atom is 0.211 e. The molecule has 1 atom stereocenters. The highest BCUT2D eigenvalue weighted by Crippen LogP contribution is 2.33. The standard InChI is InChI=1S/C24H31ClN4O/c1-3-4-12-26-23(30)18-10-13-28(14-11-18)24-27-21-16-20(25)17(2)15-22(21)29(24)19-8-6-5-7-9-19/h5-9,15-16,18,23,26,30H,3-4,10-14H2,1-2H3. The number of aliphatic hydroxyl groups excluding tert-OH is 1. The maximum absolute atomic E-state index is 10.5. The summed E-state index contributed by atoms with van der Waals surface area (Å²) in [5, 5.41) is 14.5. The lowest BCUT2D eigenvalue weighted by Crippen LogP contribution is -2.44. The summed E-state index contributed by atoms with van der Waals surface area (Å²) in [7, 11) is 0. The zero-order valence-electron chi connectivity index (χ0n) is 17.8. The van der Waals surface area contributed by atoms with E-state index in [9.17, 15) is 5.11 Å². The summed E-state index contributed by atoms with van der Waals surface area (Å²) in [5.74, 6) is 1.23. The maximum atomic E-state index is 10.5. The number of para-hydroxylation sites is 1. The number of rotatable bonds is 7. The fraction of sp³-hybridized carbons (Fsp3) is 0.458. The van der Waals surface area contributed by atoms with Gasteiger partial charge in [0.25, 0.3) is 0 Å². The van der Waals surface area contributed by atoms with Gasteiger partial charge in [-0.2, -0.15) is 0 Å². The molecule has 2 heterocycles. The number of benzene rings is 2. The molecule has 0 spiro atoms. The van der Waals surface area contributed by atoms with Crippen molar-refractivity contribution in [3.63, 3.8) is 0 Å². The van der Waals surface area contributed by atoms with Crippen LogP contribution in [0.3, 0.4) is 0 Å². The van der Waals surface area contributed by atoms with Crippen LogP contribution in [0.2, 0.25) is 5.02 Å². The van der Waals surface area contributed by atoms with Crippen LogP contribution in [-0.2, 0) is 0 Å². The molecule has 160 valence electrons. The molecule has 0 saturated carbocycles. The molecule has 1 fully saturated rings. The largest absolute Gasteiger partial charge is 0.378 e. The fourth-order valence-electron chi connectivity index (χ4n) is 4.24. The Labute approximate surface area is 183 Å². The van der Waals surface area contributed by atoms with E-state index in [0.717, 1.165) is 78.6 Å². The first-order valence-corrected chi connectivity index (χ1v) is 11.4. The highest BCUT2D eigenvalue weighted by atomic mass is 35.5. The van der Waals surface area contributed by atoms with Crippen LogP contribution in [0.15, 0.2) is 42.5 Å². The van der Waals surface area contributed by atoms with Gasteiger partial charge in [-0.1, -0.05) is 43.1 Å². The van der Waals surface area contributed by atoms with Crippen molar-refractivity contribution in [3.8, 4) is 5.69 Å². The van der Waals surface area contributed by atoms with Gasteiger partial charge >= 0.3 is 0 Å². The lowest BCUT2D eigenvalue weighted by Gasteiger charge is -2.35. The average molecular weight is 427 g/mol. The van der Waals surface area contributed by atoms with Crippen molar-refractivity contribution in [1.82, 2.24) is 14.9 Å². The van der Waals surface area contributed by atoms with Crippen LogP contribution in [0.1, 0.15) is 38.2 Å². The molecule has 0 amide bonds. The van der Waals surface area contributed by atoms with E-state index in [1.807, 2.05) is 19.1 Å². The minimum Gasteiger partial charge on any atom is -0.378 e. The van der Waals surface area contributed by atoms with Gasteiger partial charge in [-0.15, -0.1) is 0 Å². The van der Waals surface area contributed by atoms with Crippen LogP contribution in [0.25, 0.3) is 16.7 Å². The number of fused-ring (bicyclic) bond motifs is 1. The SMILES string of the molecule is CCCCNC(O)C1CCN(c2nc3cc(Cl)c(C)cc3n2-c2ccccc2)CC1. The summed E-state index contributed by atoms with van der Waals surface area (Å²) in [6.45, 7) is 6.82. The third kappa shape index (κ3) is 4.34. The Kier molecular flexibility index (Phi) is 6.61. The van der Waals surface area contributed by atoms with Crippen LogP contribution in [-0.4, -0.2) is 40.5 Å². The zero-order valence-corrected chi connectivity index (χ0v) is 18.6. The first-order chi connectivity index (χ1) is 14.6. The molecule has 5 nitrogen and oxygen atoms in total. The summed E-state index contributed by atoms with van der Waals surface area (Å²) in [6, 6.07) is 14.4. The molecule has 3 aromatic rings. The van der Waals surface area contributed by atoms with Gasteiger partial charge in [-0.25, -0.2) is 4.98 Å². The topological polar surface area (TPSA) is 53.3 Å². The summed E-state index contributed by atoms with van der Waals surface area (Å²) in [5.41, 5.74) is 4.13. The van der Waals surface area contributed by atoms with Crippen LogP contribution in [0, 0.1) is 12.8 Å². The van der Waals surface area contributed by atoms with Crippen molar-refractivity contribution in [3.05, 3.63) is 53.1 Å². The van der Waals surface area contributed by atoms with Gasteiger partial charge < -0.3 is 10.0 Å². The molecule has 0 radical (unpaired) electrons. The second-order valence-corrected chi connectivity index (χ2v) is 8.66. The smallest absolute Gasteiger partial charge is 0.211 e. The molecule has 1 aromatic heterocycles. The molecule has 1 aliphatic rings. The van der Waals surface area contributed by atoms with E-state index < -0.39 is 6.23 Å². The van der Waals surface area contributed by atoms with Gasteiger partial charge in [0.1, 0.15) is 6.23 Å². The molecule has 1 aliphatic heterocycles. The van der Waals surface area contributed by atoms with Gasteiger partial charge in [0, 0.05) is 29.7 Å². The van der Waals surface area contributed by atoms with E-state index in [1.165, 1.54) is 0 Å². The number of anilines is 1. The summed E-state index contributed by atoms with van der Waals surface area (Å²) in [4.78, 5) is 7.31. The number of halogens is 1. The number of imidazole rings is 1. The van der Waals surface area contributed by atoms with Gasteiger partial charge in [-0.05, 0) is 62.6 Å². The molecular formula is C24H31ClN4O. The minimum atomic E-state index is -0.423. The minimum absolute atomic E-state index is 0.282. The molecule has 1 saturated heterocycles. The van der Waals surface area contributed by atoms with Crippen LogP contribution in [0.4, 0.5) is 5.95 Å². The van der Waals surface area contributed by atoms with Crippen molar-refractivity contribution in [1.29, 1.82) is 0 Å². The lowest BCUT2D eigenvalue weighted by atomic mass is 9.95. The number of nitrogens with zero attached hydrogens (tertiary/aromatic N) is 3. The summed E-state index contributed by atoms with van der Waals surface area (Å²) in [6.07, 6.45) is 3.69. The number of piperidine rings is 1. The van der Waals surface area contributed by atoms with E-state index in [1.54, 1.807) is 0 Å². The molecule has 2 N–H and O–H groups in total. The number of aliphatic hydroxyl groups is 1. The first-order valence-electron chi connectivity index (χ1n) is 11.0. The molecule has 0 bridgehead atoms. The second-order valence-electron chi connectivity index (χ2n) is 8.25. The molecule has 1 unspecified atom stereocenters. The Morgan fingerprint density at radius 3 is 2.63 bits per heavy atom. The quantitative estimate of drug-likeness (QED) is 0.416. The molecule has 0 aliphatic carbocycles. The van der Waals surface area contributed by atoms with Crippen molar-refractivity contribution in [2.45, 2.75) is 45.8 Å². The van der Waals surface area contributed by atoms with E-state index in [4.69, 9.17) is 16.6 Å². The van der Waals surface area contributed by atoms with E-state index >= 15 is 0 Å². The zero-order chi connectivity index (χ0) is 21.1. The highest BCUT2D eigenvalue weighted by molar-refractivity contribution is 6.32. The number of aryl methyl sites for hydroxylation is 1. The predicted octanol–water partition coefficient (Wildman–Crippen LogP) is 4.91. The van der Waals surface area contributed by atoms with Crippen molar-refractivity contribution in [2.75, 3.05) is 24.5 Å². The average Bonchev–Trinajstić information content (AvgIpc) is 3.13. The van der Waals surface area contributed by atoms with Gasteiger partial charge in [0.05, 0.1) is 11.0 Å². The van der Waals surface area contributed by atoms with Gasteiger partial charge in [0.2, 0.25) is 5.95 Å². The van der Waals surface area contributed by atoms with E-state index in [-0.39, 0.29) is 5.92 Å². The number of unbranched alkanes of at least 4 members (excludes halogenated alkanes) is 1.